The molecule has 0 bridgehead atoms. The number of carbonyl (C=O) groups excluding carboxylic acids is 3. The number of hydrogen-bond acceptors (Lipinski definition) is 4. The van der Waals surface area contributed by atoms with Gasteiger partial charge in [0.05, 0.1) is 13.0 Å². The maximum atomic E-state index is 12.2. The molecule has 112 valence electrons. The lowest BCUT2D eigenvalue weighted by atomic mass is 9.89. The number of carbonyl (C=O) groups is 3. The molecule has 1 aromatic rings. The van der Waals surface area contributed by atoms with Crippen LogP contribution in [0.3, 0.4) is 0 Å². The van der Waals surface area contributed by atoms with Gasteiger partial charge in [0.25, 0.3) is 0 Å². The van der Waals surface area contributed by atoms with Gasteiger partial charge in [0.2, 0.25) is 0 Å². The highest BCUT2D eigenvalue weighted by Gasteiger charge is 2.35. The second-order valence-electron chi connectivity index (χ2n) is 5.16. The molecule has 1 aromatic carbocycles. The smallest absolute Gasteiger partial charge is 0.314 e. The Labute approximate surface area is 123 Å². The van der Waals surface area contributed by atoms with E-state index in [1.165, 1.54) is 31.0 Å². The summed E-state index contributed by atoms with van der Waals surface area (Å²) in [6, 6.07) is 7.39. The van der Waals surface area contributed by atoms with E-state index in [0.717, 1.165) is 11.1 Å². The Balaban J connectivity index is 2.32. The first-order valence-corrected chi connectivity index (χ1v) is 6.62. The van der Waals surface area contributed by atoms with Gasteiger partial charge in [-0.1, -0.05) is 24.3 Å². The van der Waals surface area contributed by atoms with Gasteiger partial charge in [-0.2, -0.15) is 0 Å². The van der Waals surface area contributed by atoms with Crippen molar-refractivity contribution >= 4 is 17.8 Å². The van der Waals surface area contributed by atoms with Crippen molar-refractivity contribution in [2.24, 2.45) is 0 Å². The molecule has 0 spiro atoms. The number of fused-ring (bicyclic) bond motifs is 1. The third-order valence-electron chi connectivity index (χ3n) is 3.56. The SMILES string of the molecule is COC(=O)C1CN(C(=O)C(=O)N(C)C)Cc2ccccc21. The summed E-state index contributed by atoms with van der Waals surface area (Å²) in [4.78, 5) is 38.6. The fourth-order valence-corrected chi connectivity index (χ4v) is 2.43. The van der Waals surface area contributed by atoms with Crippen LogP contribution in [-0.2, 0) is 25.7 Å². The highest BCUT2D eigenvalue weighted by Crippen LogP contribution is 2.29. The van der Waals surface area contributed by atoms with Crippen molar-refractivity contribution in [2.75, 3.05) is 27.7 Å². The molecule has 0 aliphatic carbocycles. The summed E-state index contributed by atoms with van der Waals surface area (Å²) in [6.45, 7) is 0.476. The number of esters is 1. The quantitative estimate of drug-likeness (QED) is 0.554. The zero-order valence-corrected chi connectivity index (χ0v) is 12.3. The Morgan fingerprint density at radius 2 is 1.90 bits per heavy atom. The van der Waals surface area contributed by atoms with Gasteiger partial charge in [-0.05, 0) is 11.1 Å². The minimum Gasteiger partial charge on any atom is -0.468 e. The Morgan fingerprint density at radius 1 is 1.24 bits per heavy atom. The lowest BCUT2D eigenvalue weighted by molar-refractivity contribution is -0.152. The standard InChI is InChI=1S/C15H18N2O4/c1-16(2)13(18)14(19)17-8-10-6-4-5-7-11(10)12(9-17)15(20)21-3/h4-7,12H,8-9H2,1-3H3. The zero-order chi connectivity index (χ0) is 15.6. The van der Waals surface area contributed by atoms with Crippen molar-refractivity contribution in [2.45, 2.75) is 12.5 Å². The van der Waals surface area contributed by atoms with Gasteiger partial charge in [0.1, 0.15) is 0 Å². The number of benzene rings is 1. The maximum Gasteiger partial charge on any atom is 0.314 e. The van der Waals surface area contributed by atoms with E-state index >= 15 is 0 Å². The van der Waals surface area contributed by atoms with Gasteiger partial charge >= 0.3 is 17.8 Å². The van der Waals surface area contributed by atoms with E-state index in [1.807, 2.05) is 24.3 Å². The van der Waals surface area contributed by atoms with Gasteiger partial charge in [-0.25, -0.2) is 0 Å². The van der Waals surface area contributed by atoms with Crippen LogP contribution in [0.25, 0.3) is 0 Å². The molecule has 21 heavy (non-hydrogen) atoms. The van der Waals surface area contributed by atoms with Crippen LogP contribution in [0.1, 0.15) is 17.0 Å². The molecule has 0 saturated heterocycles. The van der Waals surface area contributed by atoms with Gasteiger partial charge in [0.15, 0.2) is 0 Å². The van der Waals surface area contributed by atoms with Crippen molar-refractivity contribution in [3.63, 3.8) is 0 Å². The summed E-state index contributed by atoms with van der Waals surface area (Å²) in [5, 5.41) is 0. The molecular weight excluding hydrogens is 272 g/mol. The molecule has 6 heteroatoms. The first-order valence-electron chi connectivity index (χ1n) is 6.62. The molecule has 2 rings (SSSR count). The van der Waals surface area contributed by atoms with E-state index in [0.29, 0.717) is 6.54 Å². The van der Waals surface area contributed by atoms with E-state index in [4.69, 9.17) is 4.74 Å². The van der Waals surface area contributed by atoms with E-state index in [9.17, 15) is 14.4 Å². The molecule has 0 radical (unpaired) electrons. The summed E-state index contributed by atoms with van der Waals surface area (Å²) in [5.74, 6) is -2.17. The molecule has 0 fully saturated rings. The third kappa shape index (κ3) is 2.89. The lowest BCUT2D eigenvalue weighted by Crippen LogP contribution is -2.47. The van der Waals surface area contributed by atoms with Crippen LogP contribution in [0.4, 0.5) is 0 Å². The van der Waals surface area contributed by atoms with Crippen molar-refractivity contribution < 1.29 is 19.1 Å². The van der Waals surface area contributed by atoms with Crippen LogP contribution in [0.5, 0.6) is 0 Å². The second kappa shape index (κ2) is 5.95. The molecule has 2 amide bonds. The average Bonchev–Trinajstić information content (AvgIpc) is 2.51. The molecule has 0 aromatic heterocycles. The van der Waals surface area contributed by atoms with Crippen LogP contribution >= 0.6 is 0 Å². The lowest BCUT2D eigenvalue weighted by Gasteiger charge is -2.33. The van der Waals surface area contributed by atoms with Crippen LogP contribution in [0.15, 0.2) is 24.3 Å². The highest BCUT2D eigenvalue weighted by atomic mass is 16.5. The molecule has 0 saturated carbocycles. The first kappa shape index (κ1) is 15.0. The molecule has 1 aliphatic rings. The van der Waals surface area contributed by atoms with Crippen LogP contribution in [-0.4, -0.2) is 55.3 Å². The molecule has 1 unspecified atom stereocenters. The monoisotopic (exact) mass is 290 g/mol. The van der Waals surface area contributed by atoms with Crippen molar-refractivity contribution in [1.29, 1.82) is 0 Å². The Morgan fingerprint density at radius 3 is 2.52 bits per heavy atom. The maximum absolute atomic E-state index is 12.2. The largest absolute Gasteiger partial charge is 0.468 e. The van der Waals surface area contributed by atoms with Crippen molar-refractivity contribution in [3.05, 3.63) is 35.4 Å². The minimum absolute atomic E-state index is 0.155. The molecule has 1 aliphatic heterocycles. The number of likely N-dealkylation sites (N-methyl/N-ethyl adjacent to an activating group) is 1. The summed E-state index contributed by atoms with van der Waals surface area (Å²) < 4.78 is 4.81. The van der Waals surface area contributed by atoms with Gasteiger partial charge in [-0.3, -0.25) is 14.4 Å². The van der Waals surface area contributed by atoms with Crippen molar-refractivity contribution in [3.8, 4) is 0 Å². The first-order chi connectivity index (χ1) is 9.95. The third-order valence-corrected chi connectivity index (χ3v) is 3.56. The number of methoxy groups -OCH3 is 1. The summed E-state index contributed by atoms with van der Waals surface area (Å²) in [7, 11) is 4.36. The number of nitrogens with zero attached hydrogens (tertiary/aromatic N) is 2. The highest BCUT2D eigenvalue weighted by molar-refractivity contribution is 6.34. The molecule has 1 atom stereocenters. The number of amides is 2. The Hall–Kier alpha value is -2.37. The zero-order valence-electron chi connectivity index (χ0n) is 12.3. The fraction of sp³-hybridized carbons (Fsp3) is 0.400. The molecule has 1 heterocycles. The van der Waals surface area contributed by atoms with Gasteiger partial charge in [-0.15, -0.1) is 0 Å². The van der Waals surface area contributed by atoms with Gasteiger partial charge < -0.3 is 14.5 Å². The Kier molecular flexibility index (Phi) is 4.26. The minimum atomic E-state index is -0.608. The number of ether oxygens (including phenoxy) is 1. The molecule has 6 nitrogen and oxygen atoms in total. The average molecular weight is 290 g/mol. The van der Waals surface area contributed by atoms with Crippen molar-refractivity contribution in [1.82, 2.24) is 9.80 Å². The fourth-order valence-electron chi connectivity index (χ4n) is 2.43. The van der Waals surface area contributed by atoms with E-state index in [1.54, 1.807) is 0 Å². The number of rotatable bonds is 1. The number of hydrogen-bond donors (Lipinski definition) is 0. The van der Waals surface area contributed by atoms with Crippen LogP contribution < -0.4 is 0 Å². The second-order valence-corrected chi connectivity index (χ2v) is 5.16. The Bertz CT molecular complexity index is 583. The van der Waals surface area contributed by atoms with Gasteiger partial charge in [0, 0.05) is 27.2 Å². The molecule has 0 N–H and O–H groups in total. The van der Waals surface area contributed by atoms with E-state index in [-0.39, 0.29) is 6.54 Å². The summed E-state index contributed by atoms with van der Waals surface area (Å²) in [5.41, 5.74) is 1.71. The van der Waals surface area contributed by atoms with E-state index < -0.39 is 23.7 Å². The van der Waals surface area contributed by atoms with Crippen LogP contribution in [0.2, 0.25) is 0 Å². The predicted molar refractivity (Wildman–Crippen MR) is 75.3 cm³/mol. The predicted octanol–water partition coefficient (Wildman–Crippen LogP) is 0.374. The molecular formula is C15H18N2O4. The van der Waals surface area contributed by atoms with E-state index in [2.05, 4.69) is 0 Å². The summed E-state index contributed by atoms with van der Waals surface area (Å²) >= 11 is 0. The van der Waals surface area contributed by atoms with Crippen LogP contribution in [0, 0.1) is 0 Å². The topological polar surface area (TPSA) is 66.9 Å². The summed E-state index contributed by atoms with van der Waals surface area (Å²) in [6.07, 6.45) is 0. The normalized spacial score (nSPS) is 16.9.